The predicted molar refractivity (Wildman–Crippen MR) is 66.8 cm³/mol. The largest absolute Gasteiger partial charge is 0.328 e. The molecule has 0 aromatic heterocycles. The first-order valence-electron chi connectivity index (χ1n) is 6.33. The molecule has 1 aromatic rings. The van der Waals surface area contributed by atoms with Crippen LogP contribution in [0.5, 0.6) is 0 Å². The molecule has 0 radical (unpaired) electrons. The maximum Gasteiger partial charge on any atom is 0.246 e. The Labute approximate surface area is 119 Å². The van der Waals surface area contributed by atoms with Crippen LogP contribution >= 0.6 is 0 Å². The minimum Gasteiger partial charge on any atom is -0.328 e. The number of benzene rings is 1. The van der Waals surface area contributed by atoms with Crippen LogP contribution in [0.2, 0.25) is 0 Å². The smallest absolute Gasteiger partial charge is 0.246 e. The van der Waals surface area contributed by atoms with Gasteiger partial charge < -0.3 is 5.73 Å². The first-order chi connectivity index (χ1) is 9.72. The van der Waals surface area contributed by atoms with E-state index in [4.69, 9.17) is 5.73 Å². The molecule has 1 fully saturated rings. The second-order valence-corrected chi connectivity index (χ2v) is 6.69. The molecule has 1 aliphatic carbocycles. The number of nitrogens with two attached hydrogens (primary N) is 1. The highest BCUT2D eigenvalue weighted by molar-refractivity contribution is 7.89. The lowest BCUT2D eigenvalue weighted by Gasteiger charge is -2.27. The molecule has 0 spiro atoms. The van der Waals surface area contributed by atoms with E-state index in [1.54, 1.807) is 0 Å². The minimum absolute atomic E-state index is 0.0415. The fourth-order valence-electron chi connectivity index (χ4n) is 2.40. The predicted octanol–water partition coefficient (Wildman–Crippen LogP) is 1.79. The van der Waals surface area contributed by atoms with E-state index in [0.29, 0.717) is 19.3 Å². The van der Waals surface area contributed by atoms with Crippen LogP contribution in [0.15, 0.2) is 11.0 Å². The molecule has 0 amide bonds. The molecule has 3 N–H and O–H groups in total. The van der Waals surface area contributed by atoms with Crippen LogP contribution in [-0.4, -0.2) is 20.5 Å². The van der Waals surface area contributed by atoms with Crippen LogP contribution in [0.3, 0.4) is 0 Å². The molecule has 2 atom stereocenters. The average Bonchev–Trinajstić information content (AvgIpc) is 2.35. The van der Waals surface area contributed by atoms with E-state index in [0.717, 1.165) is 6.42 Å². The molecule has 9 heteroatoms. The van der Waals surface area contributed by atoms with Gasteiger partial charge in [-0.25, -0.2) is 30.7 Å². The SMILES string of the molecule is NC1CCCC(NS(=O)(=O)c2c(F)c(F)cc(F)c2F)C1. The Hall–Kier alpha value is -1.19. The Kier molecular flexibility index (Phi) is 4.54. The van der Waals surface area contributed by atoms with Crippen molar-refractivity contribution in [3.8, 4) is 0 Å². The van der Waals surface area contributed by atoms with E-state index < -0.39 is 44.2 Å². The molecule has 0 aliphatic heterocycles. The van der Waals surface area contributed by atoms with Crippen LogP contribution in [0.4, 0.5) is 17.6 Å². The highest BCUT2D eigenvalue weighted by atomic mass is 32.2. The maximum absolute atomic E-state index is 13.5. The number of hydrogen-bond acceptors (Lipinski definition) is 3. The minimum atomic E-state index is -4.73. The number of nitrogens with one attached hydrogen (secondary N) is 1. The van der Waals surface area contributed by atoms with E-state index >= 15 is 0 Å². The van der Waals surface area contributed by atoms with Gasteiger partial charge in [0.05, 0.1) is 0 Å². The molecule has 2 unspecified atom stereocenters. The summed E-state index contributed by atoms with van der Waals surface area (Å²) in [6, 6.07) is -0.894. The number of sulfonamides is 1. The molecule has 118 valence electrons. The van der Waals surface area contributed by atoms with Crippen molar-refractivity contribution in [2.24, 2.45) is 5.73 Å². The second-order valence-electron chi connectivity index (χ2n) is 5.04. The van der Waals surface area contributed by atoms with Gasteiger partial charge in [-0.15, -0.1) is 0 Å². The van der Waals surface area contributed by atoms with Gasteiger partial charge in [0.1, 0.15) is 0 Å². The summed E-state index contributed by atoms with van der Waals surface area (Å²) >= 11 is 0. The molecule has 0 bridgehead atoms. The van der Waals surface area contributed by atoms with Crippen molar-refractivity contribution in [3.63, 3.8) is 0 Å². The van der Waals surface area contributed by atoms with Gasteiger partial charge in [0, 0.05) is 18.2 Å². The van der Waals surface area contributed by atoms with Gasteiger partial charge in [-0.3, -0.25) is 0 Å². The fourth-order valence-corrected chi connectivity index (χ4v) is 3.84. The molecule has 0 saturated heterocycles. The molecule has 2 rings (SSSR count). The zero-order chi connectivity index (χ0) is 15.8. The quantitative estimate of drug-likeness (QED) is 0.657. The molecular weight excluding hydrogens is 312 g/mol. The summed E-state index contributed by atoms with van der Waals surface area (Å²) in [5.74, 6) is -7.42. The second kappa shape index (κ2) is 5.90. The third-order valence-electron chi connectivity index (χ3n) is 3.38. The number of hydrogen-bond donors (Lipinski definition) is 2. The lowest BCUT2D eigenvalue weighted by Crippen LogP contribution is -2.42. The van der Waals surface area contributed by atoms with Gasteiger partial charge in [-0.1, -0.05) is 6.42 Å². The number of halogens is 4. The van der Waals surface area contributed by atoms with E-state index in [9.17, 15) is 26.0 Å². The van der Waals surface area contributed by atoms with E-state index in [2.05, 4.69) is 4.72 Å². The number of rotatable bonds is 3. The van der Waals surface area contributed by atoms with Gasteiger partial charge in [-0.05, 0) is 19.3 Å². The fraction of sp³-hybridized carbons (Fsp3) is 0.500. The van der Waals surface area contributed by atoms with Crippen molar-refractivity contribution >= 4 is 10.0 Å². The van der Waals surface area contributed by atoms with Gasteiger partial charge in [-0.2, -0.15) is 0 Å². The average molecular weight is 326 g/mol. The van der Waals surface area contributed by atoms with Crippen molar-refractivity contribution in [2.45, 2.75) is 42.7 Å². The Morgan fingerprint density at radius 2 is 1.67 bits per heavy atom. The molecule has 1 aromatic carbocycles. The van der Waals surface area contributed by atoms with Crippen LogP contribution in [-0.2, 0) is 10.0 Å². The van der Waals surface area contributed by atoms with E-state index in [1.807, 2.05) is 0 Å². The molecule has 0 heterocycles. The summed E-state index contributed by atoms with van der Waals surface area (Å²) in [4.78, 5) is -1.64. The topological polar surface area (TPSA) is 72.2 Å². The summed E-state index contributed by atoms with van der Waals surface area (Å²) in [6.07, 6.45) is 2.10. The lowest BCUT2D eigenvalue weighted by molar-refractivity contribution is 0.367. The normalized spacial score (nSPS) is 23.3. The lowest BCUT2D eigenvalue weighted by atomic mass is 9.92. The van der Waals surface area contributed by atoms with Crippen molar-refractivity contribution in [2.75, 3.05) is 0 Å². The molecule has 1 aliphatic rings. The molecule has 4 nitrogen and oxygen atoms in total. The summed E-state index contributed by atoms with van der Waals surface area (Å²) in [7, 11) is -4.73. The molecule has 1 saturated carbocycles. The monoisotopic (exact) mass is 326 g/mol. The van der Waals surface area contributed by atoms with Crippen LogP contribution in [0.1, 0.15) is 25.7 Å². The summed E-state index contributed by atoms with van der Waals surface area (Å²) in [5, 5.41) is 0. The van der Waals surface area contributed by atoms with E-state index in [1.165, 1.54) is 0 Å². The summed E-state index contributed by atoms with van der Waals surface area (Å²) in [6.45, 7) is 0. The zero-order valence-corrected chi connectivity index (χ0v) is 11.7. The molecular formula is C12H14F4N2O2S. The van der Waals surface area contributed by atoms with Gasteiger partial charge in [0.25, 0.3) is 0 Å². The van der Waals surface area contributed by atoms with Gasteiger partial charge >= 0.3 is 0 Å². The van der Waals surface area contributed by atoms with E-state index in [-0.39, 0.29) is 12.1 Å². The molecule has 21 heavy (non-hydrogen) atoms. The van der Waals surface area contributed by atoms with Crippen molar-refractivity contribution in [1.29, 1.82) is 0 Å². The highest BCUT2D eigenvalue weighted by Gasteiger charge is 2.32. The summed E-state index contributed by atoms with van der Waals surface area (Å²) < 4.78 is 79.3. The van der Waals surface area contributed by atoms with Crippen LogP contribution < -0.4 is 10.5 Å². The Morgan fingerprint density at radius 1 is 1.10 bits per heavy atom. The van der Waals surface area contributed by atoms with Crippen LogP contribution in [0, 0.1) is 23.3 Å². The third kappa shape index (κ3) is 3.35. The maximum atomic E-state index is 13.5. The summed E-state index contributed by atoms with van der Waals surface area (Å²) in [5.41, 5.74) is 5.69. The van der Waals surface area contributed by atoms with Gasteiger partial charge in [0.15, 0.2) is 28.2 Å². The Bertz CT molecular complexity index is 625. The first-order valence-corrected chi connectivity index (χ1v) is 7.81. The third-order valence-corrected chi connectivity index (χ3v) is 4.92. The first kappa shape index (κ1) is 16.2. The standard InChI is InChI=1S/C12H14F4N2O2S/c13-8-5-9(14)11(16)12(10(8)15)21(19,20)18-7-3-1-2-6(17)4-7/h5-7,18H,1-4,17H2. The van der Waals surface area contributed by atoms with Crippen molar-refractivity contribution in [3.05, 3.63) is 29.3 Å². The van der Waals surface area contributed by atoms with Crippen molar-refractivity contribution < 1.29 is 26.0 Å². The Morgan fingerprint density at radius 3 is 2.19 bits per heavy atom. The van der Waals surface area contributed by atoms with Crippen molar-refractivity contribution in [1.82, 2.24) is 4.72 Å². The zero-order valence-electron chi connectivity index (χ0n) is 10.9. The Balaban J connectivity index is 2.36. The highest BCUT2D eigenvalue weighted by Crippen LogP contribution is 2.25. The van der Waals surface area contributed by atoms with Gasteiger partial charge in [0.2, 0.25) is 10.0 Å². The van der Waals surface area contributed by atoms with Crippen LogP contribution in [0.25, 0.3) is 0 Å².